The van der Waals surface area contributed by atoms with Crippen LogP contribution in [0.15, 0.2) is 18.2 Å². The van der Waals surface area contributed by atoms with Crippen molar-refractivity contribution in [3.8, 4) is 0 Å². The number of rotatable bonds is 6. The van der Waals surface area contributed by atoms with Gasteiger partial charge in [-0.1, -0.05) is 11.6 Å². The van der Waals surface area contributed by atoms with Gasteiger partial charge in [-0.25, -0.2) is 0 Å². The summed E-state index contributed by atoms with van der Waals surface area (Å²) in [7, 11) is 1.71. The molecule has 1 aromatic rings. The maximum absolute atomic E-state index is 10.9. The number of nitro benzene ring substituents is 1. The first-order valence-electron chi connectivity index (χ1n) is 5.23. The normalized spacial score (nSPS) is 10.6. The van der Waals surface area contributed by atoms with Crippen LogP contribution in [0, 0.1) is 10.1 Å². The van der Waals surface area contributed by atoms with E-state index in [2.05, 4.69) is 0 Å². The summed E-state index contributed by atoms with van der Waals surface area (Å²) in [6.07, 6.45) is -0.00210. The van der Waals surface area contributed by atoms with Crippen molar-refractivity contribution in [1.82, 2.24) is 4.90 Å². The summed E-state index contributed by atoms with van der Waals surface area (Å²) in [6.45, 7) is 0.635. The van der Waals surface area contributed by atoms with E-state index in [4.69, 9.17) is 16.7 Å². The summed E-state index contributed by atoms with van der Waals surface area (Å²) >= 11 is 5.70. The predicted molar refractivity (Wildman–Crippen MR) is 66.7 cm³/mol. The minimum Gasteiger partial charge on any atom is -0.481 e. The molecule has 0 aliphatic heterocycles. The number of hydrogen-bond acceptors (Lipinski definition) is 4. The van der Waals surface area contributed by atoms with E-state index in [0.29, 0.717) is 23.7 Å². The highest BCUT2D eigenvalue weighted by atomic mass is 35.5. The zero-order valence-corrected chi connectivity index (χ0v) is 10.6. The van der Waals surface area contributed by atoms with Crippen molar-refractivity contribution in [1.29, 1.82) is 0 Å². The van der Waals surface area contributed by atoms with Gasteiger partial charge in [-0.3, -0.25) is 14.9 Å². The molecule has 0 fully saturated rings. The second-order valence-corrected chi connectivity index (χ2v) is 4.35. The SMILES string of the molecule is CN(CCC(=O)O)Cc1ccc(Cl)cc1[N+](=O)[O-]. The number of aliphatic carboxylic acids is 1. The number of carbonyl (C=O) groups is 1. The molecule has 1 rings (SSSR count). The Kier molecular flexibility index (Phi) is 5.06. The molecule has 0 atom stereocenters. The van der Waals surface area contributed by atoms with Gasteiger partial charge in [0, 0.05) is 29.7 Å². The molecule has 0 spiro atoms. The van der Waals surface area contributed by atoms with Gasteiger partial charge >= 0.3 is 5.97 Å². The number of benzene rings is 1. The zero-order chi connectivity index (χ0) is 13.7. The van der Waals surface area contributed by atoms with Gasteiger partial charge in [0.05, 0.1) is 11.3 Å². The highest BCUT2D eigenvalue weighted by Gasteiger charge is 2.15. The fourth-order valence-corrected chi connectivity index (χ4v) is 1.66. The Balaban J connectivity index is 2.77. The van der Waals surface area contributed by atoms with Crippen molar-refractivity contribution in [2.75, 3.05) is 13.6 Å². The maximum Gasteiger partial charge on any atom is 0.304 e. The number of nitrogens with zero attached hydrogens (tertiary/aromatic N) is 2. The summed E-state index contributed by atoms with van der Waals surface area (Å²) in [4.78, 5) is 22.5. The number of hydrogen-bond donors (Lipinski definition) is 1. The Morgan fingerprint density at radius 1 is 1.56 bits per heavy atom. The van der Waals surface area contributed by atoms with Gasteiger partial charge in [-0.05, 0) is 19.2 Å². The lowest BCUT2D eigenvalue weighted by Crippen LogP contribution is -2.21. The molecule has 98 valence electrons. The van der Waals surface area contributed by atoms with E-state index in [-0.39, 0.29) is 12.1 Å². The first kappa shape index (κ1) is 14.4. The molecule has 1 N–H and O–H groups in total. The molecule has 1 aromatic carbocycles. The fraction of sp³-hybridized carbons (Fsp3) is 0.364. The molecule has 0 saturated heterocycles. The van der Waals surface area contributed by atoms with Gasteiger partial charge in [-0.2, -0.15) is 0 Å². The van der Waals surface area contributed by atoms with Gasteiger partial charge in [0.25, 0.3) is 5.69 Å². The molecule has 0 aromatic heterocycles. The lowest BCUT2D eigenvalue weighted by molar-refractivity contribution is -0.385. The van der Waals surface area contributed by atoms with Gasteiger partial charge < -0.3 is 10.0 Å². The van der Waals surface area contributed by atoms with E-state index < -0.39 is 10.9 Å². The van der Waals surface area contributed by atoms with Crippen LogP contribution in [-0.2, 0) is 11.3 Å². The van der Waals surface area contributed by atoms with Crippen molar-refractivity contribution in [2.24, 2.45) is 0 Å². The second kappa shape index (κ2) is 6.32. The summed E-state index contributed by atoms with van der Waals surface area (Å²) < 4.78 is 0. The van der Waals surface area contributed by atoms with E-state index in [1.165, 1.54) is 6.07 Å². The number of carboxylic acid groups (broad SMARTS) is 1. The van der Waals surface area contributed by atoms with Gasteiger partial charge in [0.2, 0.25) is 0 Å². The van der Waals surface area contributed by atoms with Gasteiger partial charge in [-0.15, -0.1) is 0 Å². The largest absolute Gasteiger partial charge is 0.481 e. The number of carboxylic acids is 1. The van der Waals surface area contributed by atoms with E-state index in [1.807, 2.05) is 0 Å². The molecule has 0 aliphatic rings. The zero-order valence-electron chi connectivity index (χ0n) is 9.80. The average Bonchev–Trinajstić information content (AvgIpc) is 2.28. The molecular formula is C11H13ClN2O4. The van der Waals surface area contributed by atoms with Crippen molar-refractivity contribution in [2.45, 2.75) is 13.0 Å². The third-order valence-corrected chi connectivity index (χ3v) is 2.63. The lowest BCUT2D eigenvalue weighted by atomic mass is 10.1. The molecule has 0 aliphatic carbocycles. The Morgan fingerprint density at radius 3 is 2.78 bits per heavy atom. The smallest absolute Gasteiger partial charge is 0.304 e. The van der Waals surface area contributed by atoms with Crippen LogP contribution < -0.4 is 0 Å². The molecule has 0 radical (unpaired) electrons. The molecule has 0 amide bonds. The summed E-state index contributed by atoms with van der Waals surface area (Å²) in [6, 6.07) is 4.45. The molecule has 0 saturated carbocycles. The van der Waals surface area contributed by atoms with Crippen LogP contribution >= 0.6 is 11.6 Å². The third-order valence-electron chi connectivity index (χ3n) is 2.39. The van der Waals surface area contributed by atoms with Crippen molar-refractivity contribution >= 4 is 23.3 Å². The molecule has 0 unspecified atom stereocenters. The highest BCUT2D eigenvalue weighted by molar-refractivity contribution is 6.30. The van der Waals surface area contributed by atoms with Crippen LogP contribution in [0.25, 0.3) is 0 Å². The summed E-state index contributed by atoms with van der Waals surface area (Å²) in [5, 5.41) is 19.7. The van der Waals surface area contributed by atoms with Crippen LogP contribution in [0.3, 0.4) is 0 Å². The standard InChI is InChI=1S/C11H13ClN2O4/c1-13(5-4-11(15)16)7-8-2-3-9(12)6-10(8)14(17)18/h2-3,6H,4-5,7H2,1H3,(H,15,16). The van der Waals surface area contributed by atoms with E-state index >= 15 is 0 Å². The molecule has 0 bridgehead atoms. The quantitative estimate of drug-likeness (QED) is 0.634. The average molecular weight is 273 g/mol. The van der Waals surface area contributed by atoms with Crippen LogP contribution in [0.2, 0.25) is 5.02 Å². The number of halogens is 1. The predicted octanol–water partition coefficient (Wildman–Crippen LogP) is 2.15. The molecule has 7 heteroatoms. The Labute approximate surface area is 109 Å². The minimum absolute atomic E-state index is 0.00210. The summed E-state index contributed by atoms with van der Waals surface area (Å²) in [5.41, 5.74) is 0.460. The lowest BCUT2D eigenvalue weighted by Gasteiger charge is -2.15. The minimum atomic E-state index is -0.896. The maximum atomic E-state index is 10.9. The van der Waals surface area contributed by atoms with E-state index in [1.54, 1.807) is 24.1 Å². The van der Waals surface area contributed by atoms with E-state index in [0.717, 1.165) is 0 Å². The van der Waals surface area contributed by atoms with Crippen molar-refractivity contribution in [3.05, 3.63) is 38.9 Å². The first-order chi connectivity index (χ1) is 8.40. The third kappa shape index (κ3) is 4.31. The number of nitro groups is 1. The van der Waals surface area contributed by atoms with Crippen LogP contribution in [-0.4, -0.2) is 34.5 Å². The van der Waals surface area contributed by atoms with Gasteiger partial charge in [0.1, 0.15) is 0 Å². The highest BCUT2D eigenvalue weighted by Crippen LogP contribution is 2.24. The van der Waals surface area contributed by atoms with Gasteiger partial charge in [0.15, 0.2) is 0 Å². The van der Waals surface area contributed by atoms with Crippen molar-refractivity contribution in [3.63, 3.8) is 0 Å². The monoisotopic (exact) mass is 272 g/mol. The Morgan fingerprint density at radius 2 is 2.22 bits per heavy atom. The topological polar surface area (TPSA) is 83.7 Å². The second-order valence-electron chi connectivity index (χ2n) is 3.91. The molecule has 18 heavy (non-hydrogen) atoms. The molecular weight excluding hydrogens is 260 g/mol. The van der Waals surface area contributed by atoms with E-state index in [9.17, 15) is 14.9 Å². The molecule has 6 nitrogen and oxygen atoms in total. The summed E-state index contributed by atoms with van der Waals surface area (Å²) in [5.74, 6) is -0.896. The fourth-order valence-electron chi connectivity index (χ4n) is 1.50. The molecule has 0 heterocycles. The first-order valence-corrected chi connectivity index (χ1v) is 5.61. The Bertz CT molecular complexity index is 464. The van der Waals surface area contributed by atoms with Crippen LogP contribution in [0.1, 0.15) is 12.0 Å². The van der Waals surface area contributed by atoms with Crippen LogP contribution in [0.4, 0.5) is 5.69 Å². The van der Waals surface area contributed by atoms with Crippen molar-refractivity contribution < 1.29 is 14.8 Å². The Hall–Kier alpha value is -1.66. The van der Waals surface area contributed by atoms with Crippen LogP contribution in [0.5, 0.6) is 0 Å².